The molecule has 0 radical (unpaired) electrons. The van der Waals surface area contributed by atoms with Gasteiger partial charge < -0.3 is 4.90 Å². The van der Waals surface area contributed by atoms with Crippen LogP contribution in [0, 0.1) is 18.3 Å². The van der Waals surface area contributed by atoms with Gasteiger partial charge in [0.2, 0.25) is 0 Å². The summed E-state index contributed by atoms with van der Waals surface area (Å²) in [5, 5.41) is 8.11. The molecule has 5 heteroatoms. The van der Waals surface area contributed by atoms with Crippen LogP contribution in [-0.4, -0.2) is 38.4 Å². The van der Waals surface area contributed by atoms with Crippen LogP contribution < -0.4 is 0 Å². The number of rotatable bonds is 3. The lowest BCUT2D eigenvalue weighted by molar-refractivity contribution is -0.121. The van der Waals surface area contributed by atoms with Crippen LogP contribution in [0.2, 0.25) is 0 Å². The van der Waals surface area contributed by atoms with Crippen molar-refractivity contribution < 1.29 is 4.79 Å². The Bertz CT molecular complexity index is 530. The van der Waals surface area contributed by atoms with Crippen molar-refractivity contribution in [2.24, 2.45) is 11.3 Å². The summed E-state index contributed by atoms with van der Waals surface area (Å²) in [4.78, 5) is 14.9. The summed E-state index contributed by atoms with van der Waals surface area (Å²) in [5.41, 5.74) is 1.84. The van der Waals surface area contributed by atoms with Gasteiger partial charge in [-0.1, -0.05) is 25.5 Å². The van der Waals surface area contributed by atoms with Crippen molar-refractivity contribution in [1.29, 1.82) is 0 Å². The van der Waals surface area contributed by atoms with E-state index >= 15 is 0 Å². The topological polar surface area (TPSA) is 51.0 Å². The quantitative estimate of drug-likeness (QED) is 0.851. The molecule has 2 fully saturated rings. The van der Waals surface area contributed by atoms with Crippen LogP contribution in [0.4, 0.5) is 0 Å². The van der Waals surface area contributed by atoms with Gasteiger partial charge in [-0.2, -0.15) is 0 Å². The highest BCUT2D eigenvalue weighted by atomic mass is 16.2. The number of aromatic nitrogens is 3. The number of aryl methyl sites for hydroxylation is 2. The molecule has 20 heavy (non-hydrogen) atoms. The molecular formula is C15H24N4O. The van der Waals surface area contributed by atoms with Crippen LogP contribution in [0.15, 0.2) is 0 Å². The predicted octanol–water partition coefficient (Wildman–Crippen LogP) is 2.26. The van der Waals surface area contributed by atoms with Crippen molar-refractivity contribution in [2.45, 2.75) is 59.5 Å². The third kappa shape index (κ3) is 1.71. The zero-order chi connectivity index (χ0) is 14.5. The van der Waals surface area contributed by atoms with Crippen LogP contribution in [0.3, 0.4) is 0 Å². The maximum absolute atomic E-state index is 12.9. The Hall–Kier alpha value is -1.39. The molecule has 1 unspecified atom stereocenters. The molecule has 1 amide bonds. The van der Waals surface area contributed by atoms with Gasteiger partial charge in [-0.25, -0.2) is 4.68 Å². The van der Waals surface area contributed by atoms with Crippen molar-refractivity contribution in [3.8, 4) is 0 Å². The minimum atomic E-state index is 0.116. The van der Waals surface area contributed by atoms with Crippen molar-refractivity contribution in [1.82, 2.24) is 19.9 Å². The average molecular weight is 276 g/mol. The van der Waals surface area contributed by atoms with Crippen LogP contribution >= 0.6 is 0 Å². The van der Waals surface area contributed by atoms with Gasteiger partial charge >= 0.3 is 0 Å². The fourth-order valence-electron chi connectivity index (χ4n) is 4.12. The second-order valence-corrected chi connectivity index (χ2v) is 6.68. The number of nitrogens with zero attached hydrogens (tertiary/aromatic N) is 4. The fraction of sp³-hybridized carbons (Fsp3) is 0.800. The first kappa shape index (κ1) is 13.6. The number of hydrogen-bond donors (Lipinski definition) is 0. The first-order valence-corrected chi connectivity index (χ1v) is 7.71. The molecule has 1 saturated heterocycles. The van der Waals surface area contributed by atoms with E-state index in [1.165, 1.54) is 19.3 Å². The normalized spacial score (nSPS) is 23.9. The van der Waals surface area contributed by atoms with Crippen molar-refractivity contribution in [2.75, 3.05) is 6.54 Å². The Labute approximate surface area is 120 Å². The highest BCUT2D eigenvalue weighted by molar-refractivity contribution is 5.94. The lowest BCUT2D eigenvalue weighted by Crippen LogP contribution is -2.70. The standard InChI is InChI=1S/C15H24N4O/c1-5-19-12(11(4)16-17-19)14(20)18-9-15(7-6-8-15)13(18)10(2)3/h10,13H,5-9H2,1-4H3. The van der Waals surface area contributed by atoms with Gasteiger partial charge in [-0.3, -0.25) is 4.79 Å². The van der Waals surface area contributed by atoms with Gasteiger partial charge in [0.05, 0.1) is 5.69 Å². The van der Waals surface area contributed by atoms with E-state index in [2.05, 4.69) is 29.1 Å². The van der Waals surface area contributed by atoms with E-state index in [4.69, 9.17) is 0 Å². The molecule has 1 aliphatic heterocycles. The van der Waals surface area contributed by atoms with Gasteiger partial charge in [0.15, 0.2) is 0 Å². The molecule has 0 N–H and O–H groups in total. The number of carbonyl (C=O) groups is 1. The van der Waals surface area contributed by atoms with Gasteiger partial charge in [-0.05, 0) is 32.6 Å². The first-order chi connectivity index (χ1) is 9.50. The van der Waals surface area contributed by atoms with Gasteiger partial charge in [-0.15, -0.1) is 5.10 Å². The lowest BCUT2D eigenvalue weighted by Gasteiger charge is -2.64. The molecule has 3 rings (SSSR count). The lowest BCUT2D eigenvalue weighted by atomic mass is 9.55. The van der Waals surface area contributed by atoms with E-state index < -0.39 is 0 Å². The molecule has 110 valence electrons. The molecule has 1 aromatic heterocycles. The molecule has 0 aromatic carbocycles. The molecular weight excluding hydrogens is 252 g/mol. The second kappa shape index (κ2) is 4.57. The van der Waals surface area contributed by atoms with Crippen LogP contribution in [0.1, 0.15) is 56.2 Å². The molecule has 0 bridgehead atoms. The SMILES string of the molecule is CCn1nnc(C)c1C(=O)N1CC2(CCC2)C1C(C)C. The number of hydrogen-bond acceptors (Lipinski definition) is 3. The summed E-state index contributed by atoms with van der Waals surface area (Å²) in [6, 6.07) is 0.392. The first-order valence-electron chi connectivity index (χ1n) is 7.71. The minimum Gasteiger partial charge on any atom is -0.333 e. The van der Waals surface area contributed by atoms with E-state index in [-0.39, 0.29) is 5.91 Å². The second-order valence-electron chi connectivity index (χ2n) is 6.68. The van der Waals surface area contributed by atoms with Crippen LogP contribution in [0.25, 0.3) is 0 Å². The Morgan fingerprint density at radius 1 is 1.45 bits per heavy atom. The molecule has 2 heterocycles. The highest BCUT2D eigenvalue weighted by Gasteiger charge is 2.58. The van der Waals surface area contributed by atoms with Crippen LogP contribution in [-0.2, 0) is 6.54 Å². The van der Waals surface area contributed by atoms with Crippen molar-refractivity contribution in [3.05, 3.63) is 11.4 Å². The predicted molar refractivity (Wildman–Crippen MR) is 76.4 cm³/mol. The van der Waals surface area contributed by atoms with E-state index in [0.717, 1.165) is 12.2 Å². The summed E-state index contributed by atoms with van der Waals surface area (Å²) >= 11 is 0. The van der Waals surface area contributed by atoms with E-state index in [1.807, 2.05) is 13.8 Å². The molecule has 5 nitrogen and oxygen atoms in total. The Morgan fingerprint density at radius 3 is 2.65 bits per heavy atom. The van der Waals surface area contributed by atoms with Gasteiger partial charge in [0.1, 0.15) is 5.69 Å². The number of carbonyl (C=O) groups excluding carboxylic acids is 1. The maximum atomic E-state index is 12.9. The Morgan fingerprint density at radius 2 is 2.15 bits per heavy atom. The molecule has 2 aliphatic rings. The molecule has 1 aromatic rings. The zero-order valence-electron chi connectivity index (χ0n) is 12.9. The summed E-state index contributed by atoms with van der Waals surface area (Å²) in [6.45, 7) is 9.93. The van der Waals surface area contributed by atoms with Crippen LogP contribution in [0.5, 0.6) is 0 Å². The monoisotopic (exact) mass is 276 g/mol. The Balaban J connectivity index is 1.86. The number of likely N-dealkylation sites (tertiary alicyclic amines) is 1. The highest BCUT2D eigenvalue weighted by Crippen LogP contribution is 2.55. The third-order valence-electron chi connectivity index (χ3n) is 5.10. The fourth-order valence-corrected chi connectivity index (χ4v) is 4.12. The maximum Gasteiger partial charge on any atom is 0.274 e. The molecule has 1 aliphatic carbocycles. The Kier molecular flexibility index (Phi) is 3.10. The summed E-state index contributed by atoms with van der Waals surface area (Å²) in [7, 11) is 0. The third-order valence-corrected chi connectivity index (χ3v) is 5.10. The summed E-state index contributed by atoms with van der Waals surface area (Å²) < 4.78 is 1.72. The van der Waals surface area contributed by atoms with Crippen molar-refractivity contribution in [3.63, 3.8) is 0 Å². The largest absolute Gasteiger partial charge is 0.333 e. The molecule has 1 saturated carbocycles. The summed E-state index contributed by atoms with van der Waals surface area (Å²) in [5.74, 6) is 0.629. The zero-order valence-corrected chi connectivity index (χ0v) is 12.9. The van der Waals surface area contributed by atoms with E-state index in [1.54, 1.807) is 4.68 Å². The van der Waals surface area contributed by atoms with E-state index in [0.29, 0.717) is 29.6 Å². The summed E-state index contributed by atoms with van der Waals surface area (Å²) in [6.07, 6.45) is 3.88. The van der Waals surface area contributed by atoms with Gasteiger partial charge in [0.25, 0.3) is 5.91 Å². The minimum absolute atomic E-state index is 0.116. The smallest absolute Gasteiger partial charge is 0.274 e. The van der Waals surface area contributed by atoms with Gasteiger partial charge in [0, 0.05) is 24.5 Å². The molecule has 1 spiro atoms. The number of amides is 1. The molecule has 1 atom stereocenters. The average Bonchev–Trinajstić information content (AvgIpc) is 2.66. The van der Waals surface area contributed by atoms with Crippen molar-refractivity contribution >= 4 is 5.91 Å². The van der Waals surface area contributed by atoms with E-state index in [9.17, 15) is 4.79 Å².